The third kappa shape index (κ3) is 3.93. The van der Waals surface area contributed by atoms with Crippen molar-refractivity contribution >= 4 is 39.1 Å². The molecule has 0 aliphatic carbocycles. The third-order valence-corrected chi connectivity index (χ3v) is 5.72. The zero-order valence-electron chi connectivity index (χ0n) is 14.6. The molecule has 0 radical (unpaired) electrons. The van der Waals surface area contributed by atoms with Crippen LogP contribution in [0.2, 0.25) is 5.02 Å². The second-order valence-corrected chi connectivity index (χ2v) is 8.05. The van der Waals surface area contributed by atoms with Gasteiger partial charge in [-0.2, -0.15) is 0 Å². The molecular weight excluding hydrogens is 424 g/mol. The Hall–Kier alpha value is -2.14. The molecule has 3 aromatic rings. The number of carbonyl (C=O) groups excluding carboxylic acids is 1. The normalized spacial score (nSPS) is 19.1. The first kappa shape index (κ1) is 18.2. The lowest BCUT2D eigenvalue weighted by atomic mass is 9.95. The molecule has 1 amide bonds. The van der Waals surface area contributed by atoms with E-state index in [2.05, 4.69) is 45.5 Å². The van der Waals surface area contributed by atoms with Crippen molar-refractivity contribution in [2.45, 2.75) is 12.6 Å². The molecule has 4 rings (SSSR count). The second kappa shape index (κ2) is 7.85. The molecular formula is C22H19BrClN2O+. The number of amides is 1. The van der Waals surface area contributed by atoms with Crippen LogP contribution < -0.4 is 10.2 Å². The highest BCUT2D eigenvalue weighted by atomic mass is 79.9. The second-order valence-electron chi connectivity index (χ2n) is 6.73. The van der Waals surface area contributed by atoms with Gasteiger partial charge >= 0.3 is 0 Å². The Kier molecular flexibility index (Phi) is 5.30. The van der Waals surface area contributed by atoms with Crippen LogP contribution in [0, 0.1) is 0 Å². The fourth-order valence-electron chi connectivity index (χ4n) is 3.73. The van der Waals surface area contributed by atoms with Gasteiger partial charge in [-0.3, -0.25) is 4.79 Å². The van der Waals surface area contributed by atoms with Gasteiger partial charge in [-0.1, -0.05) is 76.1 Å². The Balaban J connectivity index is 1.87. The van der Waals surface area contributed by atoms with E-state index in [-0.39, 0.29) is 11.9 Å². The summed E-state index contributed by atoms with van der Waals surface area (Å²) in [5.74, 6) is 0.0130. The van der Waals surface area contributed by atoms with Crippen LogP contribution in [0.3, 0.4) is 0 Å². The molecule has 0 bridgehead atoms. The van der Waals surface area contributed by atoms with Crippen molar-refractivity contribution in [1.82, 2.24) is 0 Å². The zero-order chi connectivity index (χ0) is 18.8. The molecule has 0 saturated carbocycles. The number of quaternary nitrogens is 1. The number of benzene rings is 3. The number of fused-ring (bicyclic) bond motifs is 1. The highest BCUT2D eigenvalue weighted by Crippen LogP contribution is 2.33. The molecule has 1 aliphatic heterocycles. The lowest BCUT2D eigenvalue weighted by Gasteiger charge is -2.28. The van der Waals surface area contributed by atoms with Gasteiger partial charge in [0.25, 0.3) is 5.91 Å². The third-order valence-electron chi connectivity index (χ3n) is 4.88. The van der Waals surface area contributed by atoms with Gasteiger partial charge in [0.15, 0.2) is 6.54 Å². The summed E-state index contributed by atoms with van der Waals surface area (Å²) in [7, 11) is 0. The largest absolute Gasteiger partial charge is 0.321 e. The zero-order valence-corrected chi connectivity index (χ0v) is 16.9. The summed E-state index contributed by atoms with van der Waals surface area (Å²) in [4.78, 5) is 13.8. The Morgan fingerprint density at radius 1 is 1.00 bits per heavy atom. The molecule has 0 spiro atoms. The number of hydrogen-bond acceptors (Lipinski definition) is 1. The predicted octanol–water partition coefficient (Wildman–Crippen LogP) is 4.23. The summed E-state index contributed by atoms with van der Waals surface area (Å²) in [6.07, 6.45) is 0. The van der Waals surface area contributed by atoms with Crippen molar-refractivity contribution in [3.63, 3.8) is 0 Å². The number of anilines is 1. The van der Waals surface area contributed by atoms with Crippen LogP contribution in [0.4, 0.5) is 5.69 Å². The van der Waals surface area contributed by atoms with Gasteiger partial charge in [0, 0.05) is 21.2 Å². The SMILES string of the molecule is O=C1C[NH+](Cc2ccccc2)[C@H](c2ccccc2Cl)c2cc(Br)ccc2N1. The van der Waals surface area contributed by atoms with Gasteiger partial charge < -0.3 is 10.2 Å². The van der Waals surface area contributed by atoms with Gasteiger partial charge in [0.2, 0.25) is 0 Å². The fourth-order valence-corrected chi connectivity index (χ4v) is 4.35. The first-order chi connectivity index (χ1) is 13.1. The molecule has 0 saturated heterocycles. The highest BCUT2D eigenvalue weighted by molar-refractivity contribution is 9.10. The fraction of sp³-hybridized carbons (Fsp3) is 0.136. The number of rotatable bonds is 3. The minimum atomic E-state index is -0.0506. The molecule has 136 valence electrons. The van der Waals surface area contributed by atoms with Crippen molar-refractivity contribution < 1.29 is 9.69 Å². The molecule has 3 aromatic carbocycles. The molecule has 1 aliphatic rings. The van der Waals surface area contributed by atoms with E-state index in [9.17, 15) is 4.79 Å². The van der Waals surface area contributed by atoms with Gasteiger partial charge in [0.05, 0.1) is 10.7 Å². The average Bonchev–Trinajstić information content (AvgIpc) is 2.78. The summed E-state index contributed by atoms with van der Waals surface area (Å²) in [5, 5.41) is 3.78. The molecule has 3 nitrogen and oxygen atoms in total. The minimum absolute atomic E-state index is 0.0130. The van der Waals surface area contributed by atoms with Crippen molar-refractivity contribution in [3.8, 4) is 0 Å². The Morgan fingerprint density at radius 2 is 1.74 bits per heavy atom. The van der Waals surface area contributed by atoms with Crippen molar-refractivity contribution in [2.75, 3.05) is 11.9 Å². The van der Waals surface area contributed by atoms with Crippen molar-refractivity contribution in [1.29, 1.82) is 0 Å². The number of carbonyl (C=O) groups is 1. The number of halogens is 2. The Bertz CT molecular complexity index is 977. The van der Waals surface area contributed by atoms with E-state index in [0.717, 1.165) is 32.7 Å². The number of nitrogens with one attached hydrogen (secondary N) is 2. The van der Waals surface area contributed by atoms with Crippen LogP contribution in [0.25, 0.3) is 0 Å². The molecule has 1 unspecified atom stereocenters. The van der Waals surface area contributed by atoms with Crippen molar-refractivity contribution in [3.05, 3.63) is 99.0 Å². The van der Waals surface area contributed by atoms with E-state index in [1.54, 1.807) is 0 Å². The molecule has 2 N–H and O–H groups in total. The van der Waals surface area contributed by atoms with Gasteiger partial charge in [-0.25, -0.2) is 0 Å². The van der Waals surface area contributed by atoms with Crippen LogP contribution >= 0.6 is 27.5 Å². The molecule has 2 atom stereocenters. The summed E-state index contributed by atoms with van der Waals surface area (Å²) in [5.41, 5.74) is 4.13. The van der Waals surface area contributed by atoms with E-state index in [1.807, 2.05) is 48.5 Å². The van der Waals surface area contributed by atoms with E-state index in [4.69, 9.17) is 11.6 Å². The number of hydrogen-bond donors (Lipinski definition) is 2. The first-order valence-corrected chi connectivity index (χ1v) is 10.0. The maximum absolute atomic E-state index is 12.6. The van der Waals surface area contributed by atoms with E-state index in [0.29, 0.717) is 11.6 Å². The monoisotopic (exact) mass is 441 g/mol. The Morgan fingerprint density at radius 3 is 2.52 bits per heavy atom. The van der Waals surface area contributed by atoms with Gasteiger partial charge in [-0.05, 0) is 24.3 Å². The quantitative estimate of drug-likeness (QED) is 0.625. The van der Waals surface area contributed by atoms with Gasteiger partial charge in [0.1, 0.15) is 12.6 Å². The van der Waals surface area contributed by atoms with Crippen LogP contribution in [-0.4, -0.2) is 12.5 Å². The maximum atomic E-state index is 12.6. The van der Waals surface area contributed by atoms with Crippen LogP contribution in [0.1, 0.15) is 22.7 Å². The van der Waals surface area contributed by atoms with Crippen LogP contribution in [-0.2, 0) is 11.3 Å². The summed E-state index contributed by atoms with van der Waals surface area (Å²) in [6.45, 7) is 1.10. The smallest absolute Gasteiger partial charge is 0.279 e. The first-order valence-electron chi connectivity index (χ1n) is 8.84. The standard InChI is InChI=1S/C22H18BrClN2O/c23-16-10-11-20-18(12-16)22(17-8-4-5-9-19(17)24)26(14-21(27)25-20)13-15-6-2-1-3-7-15/h1-12,22H,13-14H2,(H,25,27)/p+1/t22-/m1/s1. The topological polar surface area (TPSA) is 33.5 Å². The molecule has 1 heterocycles. The lowest BCUT2D eigenvalue weighted by Crippen LogP contribution is -3.12. The average molecular weight is 443 g/mol. The highest BCUT2D eigenvalue weighted by Gasteiger charge is 2.35. The van der Waals surface area contributed by atoms with Crippen LogP contribution in [0.15, 0.2) is 77.3 Å². The van der Waals surface area contributed by atoms with E-state index >= 15 is 0 Å². The van der Waals surface area contributed by atoms with Gasteiger partial charge in [-0.15, -0.1) is 0 Å². The molecule has 0 aromatic heterocycles. The summed E-state index contributed by atoms with van der Waals surface area (Å²) < 4.78 is 0.980. The van der Waals surface area contributed by atoms with Crippen molar-refractivity contribution in [2.24, 2.45) is 0 Å². The molecule has 0 fully saturated rings. The summed E-state index contributed by atoms with van der Waals surface area (Å²) in [6, 6.07) is 24.1. The lowest BCUT2D eigenvalue weighted by molar-refractivity contribution is -0.931. The summed E-state index contributed by atoms with van der Waals surface area (Å²) >= 11 is 10.2. The molecule has 5 heteroatoms. The Labute approximate surface area is 172 Å². The predicted molar refractivity (Wildman–Crippen MR) is 112 cm³/mol. The maximum Gasteiger partial charge on any atom is 0.279 e. The minimum Gasteiger partial charge on any atom is -0.321 e. The van der Waals surface area contributed by atoms with Crippen LogP contribution in [0.5, 0.6) is 0 Å². The molecule has 27 heavy (non-hydrogen) atoms. The van der Waals surface area contributed by atoms with E-state index in [1.165, 1.54) is 5.56 Å². The van der Waals surface area contributed by atoms with E-state index < -0.39 is 0 Å².